The Hall–Kier alpha value is -0.700. The summed E-state index contributed by atoms with van der Waals surface area (Å²) in [6, 6.07) is 11.6. The van der Waals surface area contributed by atoms with Crippen LogP contribution < -0.4 is 4.74 Å². The summed E-state index contributed by atoms with van der Waals surface area (Å²) in [6.07, 6.45) is 0. The molecule has 0 aliphatic rings. The fourth-order valence-corrected chi connectivity index (χ4v) is 3.13. The normalized spacial score (nSPS) is 12.3. The molecule has 0 radical (unpaired) electrons. The Morgan fingerprint density at radius 2 is 1.84 bits per heavy atom. The molecule has 100 valence electrons. The maximum atomic E-state index is 6.16. The summed E-state index contributed by atoms with van der Waals surface area (Å²) in [5.41, 5.74) is 3.38. The standard InChI is InChI=1S/C15H13BrCl2O/c1-9-3-5-11(17)8-12(9)15(16)10-4-6-14(19-2)13(18)7-10/h3-8,15H,1-2H3. The summed E-state index contributed by atoms with van der Waals surface area (Å²) >= 11 is 15.9. The van der Waals surface area contributed by atoms with Crippen LogP contribution >= 0.6 is 39.1 Å². The van der Waals surface area contributed by atoms with Gasteiger partial charge in [-0.2, -0.15) is 0 Å². The van der Waals surface area contributed by atoms with Crippen molar-refractivity contribution in [3.8, 4) is 5.75 Å². The second kappa shape index (κ2) is 6.17. The minimum absolute atomic E-state index is 0.0506. The molecule has 4 heteroatoms. The van der Waals surface area contributed by atoms with E-state index in [-0.39, 0.29) is 4.83 Å². The minimum Gasteiger partial charge on any atom is -0.495 e. The molecule has 0 saturated heterocycles. The van der Waals surface area contributed by atoms with Crippen LogP contribution in [0.3, 0.4) is 0 Å². The van der Waals surface area contributed by atoms with Crippen LogP contribution in [0.1, 0.15) is 21.5 Å². The lowest BCUT2D eigenvalue weighted by Crippen LogP contribution is -1.96. The van der Waals surface area contributed by atoms with E-state index >= 15 is 0 Å². The number of halogens is 3. The Balaban J connectivity index is 2.41. The van der Waals surface area contributed by atoms with Crippen molar-refractivity contribution >= 4 is 39.1 Å². The van der Waals surface area contributed by atoms with Crippen LogP contribution in [0.5, 0.6) is 5.75 Å². The Morgan fingerprint density at radius 1 is 1.11 bits per heavy atom. The van der Waals surface area contributed by atoms with Crippen LogP contribution in [0.2, 0.25) is 10.0 Å². The van der Waals surface area contributed by atoms with Crippen molar-refractivity contribution in [1.82, 2.24) is 0 Å². The molecule has 0 aliphatic heterocycles. The van der Waals surface area contributed by atoms with Gasteiger partial charge in [0.1, 0.15) is 5.75 Å². The molecule has 0 spiro atoms. The van der Waals surface area contributed by atoms with Gasteiger partial charge in [0, 0.05) is 5.02 Å². The summed E-state index contributed by atoms with van der Waals surface area (Å²) in [5.74, 6) is 0.674. The number of hydrogen-bond acceptors (Lipinski definition) is 1. The lowest BCUT2D eigenvalue weighted by molar-refractivity contribution is 0.415. The highest BCUT2D eigenvalue weighted by Gasteiger charge is 2.15. The first-order valence-electron chi connectivity index (χ1n) is 5.76. The zero-order valence-corrected chi connectivity index (χ0v) is 13.7. The first-order chi connectivity index (χ1) is 9.02. The molecule has 2 rings (SSSR count). The predicted molar refractivity (Wildman–Crippen MR) is 85.0 cm³/mol. The number of benzene rings is 2. The van der Waals surface area contributed by atoms with E-state index in [0.717, 1.165) is 16.1 Å². The van der Waals surface area contributed by atoms with Crippen LogP contribution in [0.15, 0.2) is 36.4 Å². The van der Waals surface area contributed by atoms with Crippen molar-refractivity contribution < 1.29 is 4.74 Å². The summed E-state index contributed by atoms with van der Waals surface area (Å²) in [6.45, 7) is 2.06. The number of alkyl halides is 1. The van der Waals surface area contributed by atoms with Gasteiger partial charge in [0.15, 0.2) is 0 Å². The molecule has 19 heavy (non-hydrogen) atoms. The topological polar surface area (TPSA) is 9.23 Å². The molecule has 0 aromatic heterocycles. The molecule has 0 fully saturated rings. The van der Waals surface area contributed by atoms with Gasteiger partial charge in [-0.25, -0.2) is 0 Å². The molecule has 0 saturated carbocycles. The highest BCUT2D eigenvalue weighted by molar-refractivity contribution is 9.09. The van der Waals surface area contributed by atoms with Gasteiger partial charge >= 0.3 is 0 Å². The zero-order valence-electron chi connectivity index (χ0n) is 10.6. The van der Waals surface area contributed by atoms with E-state index < -0.39 is 0 Å². The Kier molecular flexibility index (Phi) is 4.77. The number of rotatable bonds is 3. The molecular weight excluding hydrogens is 347 g/mol. The number of hydrogen-bond donors (Lipinski definition) is 0. The monoisotopic (exact) mass is 358 g/mol. The molecule has 0 bridgehead atoms. The zero-order chi connectivity index (χ0) is 14.0. The van der Waals surface area contributed by atoms with Crippen LogP contribution in [0.4, 0.5) is 0 Å². The highest BCUT2D eigenvalue weighted by atomic mass is 79.9. The van der Waals surface area contributed by atoms with E-state index in [1.54, 1.807) is 7.11 Å². The maximum Gasteiger partial charge on any atom is 0.137 e. The molecule has 0 aliphatic carbocycles. The van der Waals surface area contributed by atoms with Crippen molar-refractivity contribution in [2.75, 3.05) is 7.11 Å². The summed E-state index contributed by atoms with van der Waals surface area (Å²) in [4.78, 5) is 0.0506. The first-order valence-corrected chi connectivity index (χ1v) is 7.43. The molecule has 2 aromatic carbocycles. The van der Waals surface area contributed by atoms with Gasteiger partial charge in [0.25, 0.3) is 0 Å². The number of aryl methyl sites for hydroxylation is 1. The van der Waals surface area contributed by atoms with Crippen LogP contribution in [0, 0.1) is 6.92 Å². The number of methoxy groups -OCH3 is 1. The van der Waals surface area contributed by atoms with E-state index in [2.05, 4.69) is 22.9 Å². The molecule has 1 unspecified atom stereocenters. The SMILES string of the molecule is COc1ccc(C(Br)c2cc(Cl)ccc2C)cc1Cl. The fraction of sp³-hybridized carbons (Fsp3) is 0.200. The van der Waals surface area contributed by atoms with Crippen LogP contribution in [0.25, 0.3) is 0 Å². The van der Waals surface area contributed by atoms with E-state index in [9.17, 15) is 0 Å². The van der Waals surface area contributed by atoms with Crippen molar-refractivity contribution in [2.45, 2.75) is 11.8 Å². The molecule has 0 heterocycles. The maximum absolute atomic E-state index is 6.16. The van der Waals surface area contributed by atoms with Crippen LogP contribution in [-0.2, 0) is 0 Å². The Labute approximate surface area is 131 Å². The van der Waals surface area contributed by atoms with E-state index in [1.807, 2.05) is 36.4 Å². The second-order valence-electron chi connectivity index (χ2n) is 4.26. The number of ether oxygens (including phenoxy) is 1. The molecule has 2 aromatic rings. The van der Waals surface area contributed by atoms with Crippen molar-refractivity contribution in [3.63, 3.8) is 0 Å². The average molecular weight is 360 g/mol. The van der Waals surface area contributed by atoms with Crippen molar-refractivity contribution in [1.29, 1.82) is 0 Å². The molecule has 0 amide bonds. The Morgan fingerprint density at radius 3 is 2.47 bits per heavy atom. The van der Waals surface area contributed by atoms with E-state index in [4.69, 9.17) is 27.9 Å². The minimum atomic E-state index is 0.0506. The van der Waals surface area contributed by atoms with Gasteiger partial charge in [-0.1, -0.05) is 51.3 Å². The lowest BCUT2D eigenvalue weighted by Gasteiger charge is -2.15. The van der Waals surface area contributed by atoms with E-state index in [0.29, 0.717) is 10.8 Å². The van der Waals surface area contributed by atoms with Crippen LogP contribution in [-0.4, -0.2) is 7.11 Å². The van der Waals surface area contributed by atoms with Gasteiger partial charge < -0.3 is 4.74 Å². The van der Waals surface area contributed by atoms with Crippen molar-refractivity contribution in [2.24, 2.45) is 0 Å². The first kappa shape index (κ1) is 14.7. The predicted octanol–water partition coefficient (Wildman–Crippen LogP) is 5.79. The van der Waals surface area contributed by atoms with Crippen molar-refractivity contribution in [3.05, 3.63) is 63.1 Å². The highest BCUT2D eigenvalue weighted by Crippen LogP contribution is 2.37. The smallest absolute Gasteiger partial charge is 0.137 e. The molecule has 1 nitrogen and oxygen atoms in total. The van der Waals surface area contributed by atoms with Gasteiger partial charge in [0.2, 0.25) is 0 Å². The lowest BCUT2D eigenvalue weighted by atomic mass is 10.0. The summed E-state index contributed by atoms with van der Waals surface area (Å²) in [5, 5.41) is 1.33. The second-order valence-corrected chi connectivity index (χ2v) is 6.02. The van der Waals surface area contributed by atoms with Gasteiger partial charge in [-0.15, -0.1) is 0 Å². The quantitative estimate of drug-likeness (QED) is 0.629. The molecular formula is C15H13BrCl2O. The summed E-state index contributed by atoms with van der Waals surface area (Å²) < 4.78 is 5.16. The van der Waals surface area contributed by atoms with Gasteiger partial charge in [-0.05, 0) is 47.9 Å². The Bertz CT molecular complexity index is 599. The third-order valence-corrected chi connectivity index (χ3v) is 4.54. The third kappa shape index (κ3) is 3.25. The van der Waals surface area contributed by atoms with Gasteiger partial charge in [-0.3, -0.25) is 0 Å². The average Bonchev–Trinajstić information content (AvgIpc) is 2.40. The van der Waals surface area contributed by atoms with Gasteiger partial charge in [0.05, 0.1) is 17.0 Å². The summed E-state index contributed by atoms with van der Waals surface area (Å²) in [7, 11) is 1.60. The molecule has 1 atom stereocenters. The largest absolute Gasteiger partial charge is 0.495 e. The van der Waals surface area contributed by atoms with E-state index in [1.165, 1.54) is 5.56 Å². The third-order valence-electron chi connectivity index (χ3n) is 2.98. The fourth-order valence-electron chi connectivity index (χ4n) is 1.90. The molecule has 0 N–H and O–H groups in total.